The number of fused-ring (bicyclic) bond motifs is 3. The van der Waals surface area contributed by atoms with Gasteiger partial charge in [-0.25, -0.2) is 29.5 Å². The monoisotopic (exact) mass is 1130 g/mol. The number of aromatic nitrogens is 8. The molecule has 7 aromatic rings. The lowest BCUT2D eigenvalue weighted by molar-refractivity contribution is -0.144. The van der Waals surface area contributed by atoms with E-state index in [1.807, 2.05) is 59.2 Å². The van der Waals surface area contributed by atoms with Crippen LogP contribution in [-0.2, 0) is 49.7 Å². The van der Waals surface area contributed by atoms with E-state index < -0.39 is 68.0 Å². The number of ketones is 4. The summed E-state index contributed by atoms with van der Waals surface area (Å²) in [6, 6.07) is 17.5. The van der Waals surface area contributed by atoms with E-state index in [0.29, 0.717) is 24.4 Å². The Hall–Kier alpha value is -10.2. The lowest BCUT2D eigenvalue weighted by Crippen LogP contribution is -2.43. The summed E-state index contributed by atoms with van der Waals surface area (Å²) in [7, 11) is 0. The van der Waals surface area contributed by atoms with E-state index in [4.69, 9.17) is 35.7 Å². The lowest BCUT2D eigenvalue weighted by Gasteiger charge is -2.23. The maximum atomic E-state index is 11.0. The summed E-state index contributed by atoms with van der Waals surface area (Å²) in [5.41, 5.74) is 3.84. The predicted octanol–water partition coefficient (Wildman–Crippen LogP) is 1.65. The third kappa shape index (κ3) is 28.1. The first-order valence-electron chi connectivity index (χ1n) is 23.7. The third-order valence-corrected chi connectivity index (χ3v) is 9.65. The second-order valence-electron chi connectivity index (χ2n) is 16.9. The summed E-state index contributed by atoms with van der Waals surface area (Å²) in [6.07, 6.45) is 14.1. The summed E-state index contributed by atoms with van der Waals surface area (Å²) in [5.74, 6) is -8.07. The van der Waals surface area contributed by atoms with Gasteiger partial charge in [0.2, 0.25) is 0 Å². The number of aromatic carboxylic acids is 2. The van der Waals surface area contributed by atoms with Crippen molar-refractivity contribution in [2.75, 3.05) is 70.8 Å². The molecule has 0 saturated heterocycles. The number of hydrogen-bond acceptors (Lipinski definition) is 20. The molecule has 5 heterocycles. The first-order valence-corrected chi connectivity index (χ1v) is 23.7. The Balaban J connectivity index is 0.000000336. The number of Topliss-reactive ketones (excluding diaryl/α,β-unsaturated/α-hetero) is 4. The molecule has 7 rings (SSSR count). The van der Waals surface area contributed by atoms with Crippen molar-refractivity contribution in [3.05, 3.63) is 122 Å². The Morgan fingerprint density at radius 2 is 1.01 bits per heavy atom. The van der Waals surface area contributed by atoms with Crippen LogP contribution in [-0.4, -0.2) is 219 Å². The minimum absolute atomic E-state index is 0.0255. The van der Waals surface area contributed by atoms with Crippen LogP contribution in [0, 0.1) is 0 Å². The van der Waals surface area contributed by atoms with Gasteiger partial charge in [0.15, 0.2) is 22.7 Å². The van der Waals surface area contributed by atoms with E-state index in [0.717, 1.165) is 26.5 Å². The van der Waals surface area contributed by atoms with Gasteiger partial charge >= 0.3 is 41.8 Å². The first-order chi connectivity index (χ1) is 38.2. The molecule has 0 aliphatic heterocycles. The zero-order chi connectivity index (χ0) is 60.6. The fraction of sp³-hybridized carbons (Fsp3) is 0.294. The van der Waals surface area contributed by atoms with Crippen LogP contribution in [0.5, 0.6) is 0 Å². The Morgan fingerprint density at radius 1 is 0.519 bits per heavy atom. The van der Waals surface area contributed by atoms with Crippen LogP contribution in [0.2, 0.25) is 0 Å². The van der Waals surface area contributed by atoms with Crippen molar-refractivity contribution in [2.24, 2.45) is 0 Å². The maximum absolute atomic E-state index is 11.0. The fourth-order valence-corrected chi connectivity index (χ4v) is 6.57. The zero-order valence-electron chi connectivity index (χ0n) is 44.2. The molecule has 2 aromatic carbocycles. The van der Waals surface area contributed by atoms with Crippen molar-refractivity contribution >= 4 is 92.9 Å². The standard InChI is InChI=1S/C11H18N2O7.C10H10N2O.C9H11NO.2C7H5N3O2.C7H11NO5/c1-8(14)4-12(5-9(15)16)2-3-13(6-10(17)18)7-11(19)20;1-8(13)6-12-7-11-9-4-2-3-5-10(9)12;1-8(11)7-10-9-5-3-2-4-6-9;11-7(12)5-6-9-2-4-10(6)3-1-8-5;11-7(12)5-4-10-2-1-8-3-6(10)9-5;1-5(9)2-8(3-6(10)11)4-7(12)13/h2-7H2,1H3,(H,15,16)(H,17,18)(H,19,20);2-5,7H,6H2,1H3;2-6,10H,7H2,1H3;2*1-4H,(H,11,12);2-4H2,1H3,(H,10,11)(H,12,13). The number of imidazole rings is 3. The largest absolute Gasteiger partial charge is 0.480 e. The molecule has 0 atom stereocenters. The Bertz CT molecular complexity index is 3110. The molecule has 0 aliphatic carbocycles. The number of hydrogen-bond donors (Lipinski definition) is 8. The molecule has 432 valence electrons. The summed E-state index contributed by atoms with van der Waals surface area (Å²) >= 11 is 0. The zero-order valence-corrected chi connectivity index (χ0v) is 44.2. The van der Waals surface area contributed by atoms with Gasteiger partial charge in [0.1, 0.15) is 23.1 Å². The summed E-state index contributed by atoms with van der Waals surface area (Å²) in [5, 5.41) is 63.0. The number of para-hydroxylation sites is 3. The minimum atomic E-state index is -1.18. The second kappa shape index (κ2) is 35.3. The first kappa shape index (κ1) is 66.9. The van der Waals surface area contributed by atoms with Gasteiger partial charge in [0, 0.05) is 62.2 Å². The topological polar surface area (TPSA) is 429 Å². The van der Waals surface area contributed by atoms with Gasteiger partial charge in [-0.05, 0) is 52.0 Å². The lowest BCUT2D eigenvalue weighted by atomic mass is 10.3. The number of carbonyl (C=O) groups is 11. The minimum Gasteiger partial charge on any atom is -0.480 e. The molecular formula is C51H60N12O18. The fourth-order valence-electron chi connectivity index (χ4n) is 6.57. The molecule has 0 aliphatic rings. The molecule has 0 bridgehead atoms. The van der Waals surface area contributed by atoms with Gasteiger partial charge in [-0.3, -0.25) is 62.8 Å². The molecule has 0 radical (unpaired) electrons. The van der Waals surface area contributed by atoms with E-state index >= 15 is 0 Å². The van der Waals surface area contributed by atoms with E-state index in [9.17, 15) is 52.7 Å². The molecule has 81 heavy (non-hydrogen) atoms. The Labute approximate surface area is 460 Å². The van der Waals surface area contributed by atoms with Crippen LogP contribution >= 0.6 is 0 Å². The van der Waals surface area contributed by atoms with E-state index in [1.54, 1.807) is 53.8 Å². The number of nitrogens with one attached hydrogen (secondary N) is 1. The van der Waals surface area contributed by atoms with E-state index in [2.05, 4.69) is 30.2 Å². The molecule has 30 nitrogen and oxygen atoms in total. The van der Waals surface area contributed by atoms with Crippen LogP contribution in [0.3, 0.4) is 0 Å². The summed E-state index contributed by atoms with van der Waals surface area (Å²) in [4.78, 5) is 139. The molecule has 5 aromatic heterocycles. The van der Waals surface area contributed by atoms with Crippen molar-refractivity contribution in [1.82, 2.24) is 53.0 Å². The molecule has 8 N–H and O–H groups in total. The highest BCUT2D eigenvalue weighted by Gasteiger charge is 2.18. The second-order valence-corrected chi connectivity index (χ2v) is 16.9. The molecule has 0 spiro atoms. The normalized spacial score (nSPS) is 10.3. The molecule has 0 amide bonds. The van der Waals surface area contributed by atoms with E-state index in [1.165, 1.54) is 43.5 Å². The van der Waals surface area contributed by atoms with E-state index in [-0.39, 0.29) is 67.2 Å². The number of carboxylic acids is 7. The van der Waals surface area contributed by atoms with Crippen LogP contribution in [0.4, 0.5) is 5.69 Å². The average Bonchev–Trinajstić information content (AvgIpc) is 4.16. The van der Waals surface area contributed by atoms with Crippen LogP contribution in [0.25, 0.3) is 22.3 Å². The quantitative estimate of drug-likeness (QED) is 0.0426. The maximum Gasteiger partial charge on any atom is 0.358 e. The highest BCUT2D eigenvalue weighted by atomic mass is 16.4. The van der Waals surface area contributed by atoms with Gasteiger partial charge < -0.3 is 54.4 Å². The van der Waals surface area contributed by atoms with Crippen LogP contribution in [0.15, 0.2) is 110 Å². The van der Waals surface area contributed by atoms with Crippen molar-refractivity contribution in [2.45, 2.75) is 34.2 Å². The average molecular weight is 1130 g/mol. The third-order valence-electron chi connectivity index (χ3n) is 9.65. The van der Waals surface area contributed by atoms with Gasteiger partial charge in [-0.15, -0.1) is 0 Å². The van der Waals surface area contributed by atoms with Crippen LogP contribution < -0.4 is 5.32 Å². The molecular weight excluding hydrogens is 1070 g/mol. The van der Waals surface area contributed by atoms with Gasteiger partial charge in [0.25, 0.3) is 0 Å². The Kier molecular flexibility index (Phi) is 29.1. The number of nitrogens with zero attached hydrogens (tertiary/aromatic N) is 11. The molecule has 0 saturated carbocycles. The SMILES string of the molecule is CC(=O)CN(CC(=O)O)CC(=O)O.CC(=O)CN(CCN(CC(=O)O)CC(=O)O)CC(=O)O.CC(=O)CNc1ccccc1.CC(=O)Cn1cnc2ccccc21.O=C(O)c1cn2ccncc2n1.O=C(O)c1nccn2ccnc12. The summed E-state index contributed by atoms with van der Waals surface area (Å²) < 4.78 is 5.07. The smallest absolute Gasteiger partial charge is 0.358 e. The molecule has 0 unspecified atom stereocenters. The van der Waals surface area contributed by atoms with Crippen molar-refractivity contribution < 1.29 is 88.5 Å². The Morgan fingerprint density at radius 3 is 1.51 bits per heavy atom. The number of carboxylic acid groups (broad SMARTS) is 7. The predicted molar refractivity (Wildman–Crippen MR) is 285 cm³/mol. The number of aliphatic carboxylic acids is 5. The highest BCUT2D eigenvalue weighted by molar-refractivity contribution is 5.92. The highest BCUT2D eigenvalue weighted by Crippen LogP contribution is 2.11. The molecule has 30 heteroatoms. The number of carbonyl (C=O) groups excluding carboxylic acids is 4. The summed E-state index contributed by atoms with van der Waals surface area (Å²) in [6.45, 7) is 4.25. The number of benzene rings is 2. The van der Waals surface area contributed by atoms with Gasteiger partial charge in [0.05, 0.1) is 82.5 Å². The van der Waals surface area contributed by atoms with Gasteiger partial charge in [-0.1, -0.05) is 30.3 Å². The van der Waals surface area contributed by atoms with Crippen LogP contribution in [0.1, 0.15) is 48.7 Å². The van der Waals surface area contributed by atoms with Crippen molar-refractivity contribution in [3.8, 4) is 0 Å². The van der Waals surface area contributed by atoms with Gasteiger partial charge in [-0.2, -0.15) is 0 Å². The molecule has 0 fully saturated rings. The van der Waals surface area contributed by atoms with Crippen molar-refractivity contribution in [3.63, 3.8) is 0 Å². The number of rotatable bonds is 24. The van der Waals surface area contributed by atoms with Crippen molar-refractivity contribution in [1.29, 1.82) is 0 Å². The number of anilines is 1.